The van der Waals surface area contributed by atoms with Crippen LogP contribution in [0, 0.1) is 11.7 Å². The largest absolute Gasteiger partial charge is 0.453 e. The molecule has 0 fully saturated rings. The van der Waals surface area contributed by atoms with Crippen molar-refractivity contribution in [2.24, 2.45) is 5.92 Å². The fourth-order valence-corrected chi connectivity index (χ4v) is 4.94. The van der Waals surface area contributed by atoms with Crippen molar-refractivity contribution in [3.63, 3.8) is 0 Å². The number of nitrogens with one attached hydrogen (secondary N) is 4. The van der Waals surface area contributed by atoms with Crippen molar-refractivity contribution in [2.75, 3.05) is 17.7 Å². The number of amides is 3. The molecule has 4 N–H and O–H groups in total. The zero-order chi connectivity index (χ0) is 29.8. The van der Waals surface area contributed by atoms with Crippen LogP contribution >= 0.6 is 11.6 Å². The standard InChI is InChI=1S/C28H28ClFN8O4/c1-3-15-6-4-8-19(34-27(40)22-14-38(37-36-22)23-9-5-7-18(29)24(23)30)25-31-13-21(33-25)17-11-10-16(32-28(41)42-2)12-20(17)35-26(15)39/h5,7,9-15,19H,3-4,6,8H2,1-2H3,(H,31,33)(H,32,41)(H,34,40)(H,35,39)/t15-,19-/m0/s1. The van der Waals surface area contributed by atoms with Crippen LogP contribution in [0.3, 0.4) is 0 Å². The first-order valence-electron chi connectivity index (χ1n) is 13.3. The maximum absolute atomic E-state index is 14.5. The average Bonchev–Trinajstić information content (AvgIpc) is 3.66. The number of hydrogen-bond donors (Lipinski definition) is 4. The van der Waals surface area contributed by atoms with Gasteiger partial charge in [0.2, 0.25) is 5.91 Å². The van der Waals surface area contributed by atoms with Gasteiger partial charge in [-0.3, -0.25) is 14.9 Å². The van der Waals surface area contributed by atoms with Gasteiger partial charge in [-0.1, -0.05) is 36.2 Å². The molecule has 2 aromatic heterocycles. The van der Waals surface area contributed by atoms with Crippen LogP contribution in [0.1, 0.15) is 55.0 Å². The highest BCUT2D eigenvalue weighted by atomic mass is 35.5. The fraction of sp³-hybridized carbons (Fsp3) is 0.286. The third kappa shape index (κ3) is 6.10. The zero-order valence-corrected chi connectivity index (χ0v) is 23.5. The van der Waals surface area contributed by atoms with Crippen LogP contribution in [0.5, 0.6) is 0 Å². The number of aromatic nitrogens is 5. The number of aromatic amines is 1. The number of anilines is 2. The molecule has 0 radical (unpaired) electrons. The van der Waals surface area contributed by atoms with Crippen molar-refractivity contribution in [3.05, 3.63) is 71.2 Å². The number of H-pyrrole nitrogens is 1. The SMILES string of the molecule is CC[C@H]1CCC[C@H](NC(=O)c2cn(-c3cccc(Cl)c3F)nn2)c2ncc([nH]2)-c2ccc(NC(=O)OC)cc2NC1=O. The van der Waals surface area contributed by atoms with Crippen molar-refractivity contribution < 1.29 is 23.5 Å². The number of carbonyl (C=O) groups excluding carboxylic acids is 3. The number of fused-ring (bicyclic) bond motifs is 4. The van der Waals surface area contributed by atoms with Crippen LogP contribution in [-0.4, -0.2) is 50.0 Å². The van der Waals surface area contributed by atoms with Crippen LogP contribution in [0.4, 0.5) is 20.6 Å². The minimum absolute atomic E-state index is 0.0194. The summed E-state index contributed by atoms with van der Waals surface area (Å²) in [5, 5.41) is 16.3. The Balaban J connectivity index is 1.44. The number of benzene rings is 2. The van der Waals surface area contributed by atoms with Crippen LogP contribution < -0.4 is 16.0 Å². The molecule has 3 heterocycles. The summed E-state index contributed by atoms with van der Waals surface area (Å²) in [5.41, 5.74) is 2.20. The molecular formula is C28H28ClFN8O4. The first-order valence-corrected chi connectivity index (χ1v) is 13.7. The van der Waals surface area contributed by atoms with Crippen LogP contribution in [0.2, 0.25) is 5.02 Å². The van der Waals surface area contributed by atoms with Gasteiger partial charge in [0.1, 0.15) is 11.5 Å². The van der Waals surface area contributed by atoms with E-state index < -0.39 is 23.9 Å². The third-order valence-electron chi connectivity index (χ3n) is 7.04. The van der Waals surface area contributed by atoms with Crippen molar-refractivity contribution >= 4 is 40.9 Å². The zero-order valence-electron chi connectivity index (χ0n) is 22.8. The minimum Gasteiger partial charge on any atom is -0.453 e. The van der Waals surface area contributed by atoms with E-state index in [4.69, 9.17) is 11.6 Å². The molecule has 0 spiro atoms. The Kier molecular flexibility index (Phi) is 8.48. The van der Waals surface area contributed by atoms with E-state index in [1.807, 2.05) is 6.92 Å². The predicted molar refractivity (Wildman–Crippen MR) is 153 cm³/mol. The molecule has 218 valence electrons. The maximum atomic E-state index is 14.5. The molecule has 2 aromatic carbocycles. The van der Waals surface area contributed by atoms with E-state index in [1.54, 1.807) is 30.5 Å². The molecule has 4 aromatic rings. The molecule has 0 unspecified atom stereocenters. The third-order valence-corrected chi connectivity index (χ3v) is 7.34. The van der Waals surface area contributed by atoms with Gasteiger partial charge < -0.3 is 20.4 Å². The quantitative estimate of drug-likeness (QED) is 0.246. The monoisotopic (exact) mass is 594 g/mol. The van der Waals surface area contributed by atoms with Crippen LogP contribution in [-0.2, 0) is 9.53 Å². The average molecular weight is 595 g/mol. The molecule has 0 saturated carbocycles. The Morgan fingerprint density at radius 3 is 2.86 bits per heavy atom. The van der Waals surface area contributed by atoms with Gasteiger partial charge >= 0.3 is 6.09 Å². The number of halogens is 2. The van der Waals surface area contributed by atoms with Gasteiger partial charge in [0.25, 0.3) is 5.91 Å². The lowest BCUT2D eigenvalue weighted by Gasteiger charge is -2.21. The summed E-state index contributed by atoms with van der Waals surface area (Å²) in [5.74, 6) is -1.13. The second kappa shape index (κ2) is 12.4. The highest BCUT2D eigenvalue weighted by Gasteiger charge is 2.25. The van der Waals surface area contributed by atoms with E-state index in [9.17, 15) is 18.8 Å². The first kappa shape index (κ1) is 28.7. The number of imidazole rings is 1. The molecule has 42 heavy (non-hydrogen) atoms. The molecule has 0 aliphatic carbocycles. The Bertz CT molecular complexity index is 1640. The lowest BCUT2D eigenvalue weighted by Crippen LogP contribution is -2.30. The van der Waals surface area contributed by atoms with Crippen LogP contribution in [0.15, 0.2) is 48.8 Å². The lowest BCUT2D eigenvalue weighted by molar-refractivity contribution is -0.120. The molecule has 12 nitrogen and oxygen atoms in total. The van der Waals surface area contributed by atoms with Gasteiger partial charge in [-0.2, -0.15) is 0 Å². The lowest BCUT2D eigenvalue weighted by atomic mass is 9.95. The van der Waals surface area contributed by atoms with E-state index in [2.05, 4.69) is 41.0 Å². The summed E-state index contributed by atoms with van der Waals surface area (Å²) < 4.78 is 20.3. The summed E-state index contributed by atoms with van der Waals surface area (Å²) in [6.07, 6.45) is 4.59. The molecule has 5 rings (SSSR count). The highest BCUT2D eigenvalue weighted by molar-refractivity contribution is 6.30. The highest BCUT2D eigenvalue weighted by Crippen LogP contribution is 2.33. The van der Waals surface area contributed by atoms with Gasteiger partial charge in [-0.25, -0.2) is 18.9 Å². The molecule has 14 heteroatoms. The van der Waals surface area contributed by atoms with E-state index >= 15 is 0 Å². The van der Waals surface area contributed by atoms with E-state index in [1.165, 1.54) is 25.4 Å². The summed E-state index contributed by atoms with van der Waals surface area (Å²) >= 11 is 5.88. The van der Waals surface area contributed by atoms with Crippen LogP contribution in [0.25, 0.3) is 16.9 Å². The number of methoxy groups -OCH3 is 1. The number of ether oxygens (including phenoxy) is 1. The molecule has 0 saturated heterocycles. The topological polar surface area (TPSA) is 156 Å². The van der Waals surface area contributed by atoms with E-state index in [0.717, 1.165) is 4.68 Å². The number of hydrogen-bond acceptors (Lipinski definition) is 7. The Morgan fingerprint density at radius 1 is 1.24 bits per heavy atom. The normalized spacial score (nSPS) is 16.8. The molecule has 2 atom stereocenters. The fourth-order valence-electron chi connectivity index (χ4n) is 4.77. The summed E-state index contributed by atoms with van der Waals surface area (Å²) in [6, 6.07) is 8.98. The molecule has 1 aliphatic heterocycles. The van der Waals surface area contributed by atoms with Crippen molar-refractivity contribution in [1.82, 2.24) is 30.3 Å². The Labute approximate surface area is 245 Å². The van der Waals surface area contributed by atoms with Crippen molar-refractivity contribution in [2.45, 2.75) is 38.6 Å². The molecular weight excluding hydrogens is 567 g/mol. The summed E-state index contributed by atoms with van der Waals surface area (Å²) in [4.78, 5) is 46.0. The summed E-state index contributed by atoms with van der Waals surface area (Å²) in [6.45, 7) is 1.94. The van der Waals surface area contributed by atoms with Gasteiger partial charge in [-0.05, 0) is 49.6 Å². The van der Waals surface area contributed by atoms with Gasteiger partial charge in [0, 0.05) is 17.2 Å². The second-order valence-corrected chi connectivity index (χ2v) is 10.1. The van der Waals surface area contributed by atoms with Gasteiger partial charge in [-0.15, -0.1) is 5.10 Å². The van der Waals surface area contributed by atoms with E-state index in [-0.39, 0.29) is 28.2 Å². The van der Waals surface area contributed by atoms with Crippen molar-refractivity contribution in [3.8, 4) is 16.9 Å². The minimum atomic E-state index is -0.679. The van der Waals surface area contributed by atoms with Gasteiger partial charge in [0.15, 0.2) is 11.5 Å². The molecule has 3 amide bonds. The Morgan fingerprint density at radius 2 is 2.07 bits per heavy atom. The van der Waals surface area contributed by atoms with Crippen molar-refractivity contribution in [1.29, 1.82) is 0 Å². The number of nitrogens with zero attached hydrogens (tertiary/aromatic N) is 4. The number of carbonyl (C=O) groups is 3. The maximum Gasteiger partial charge on any atom is 0.411 e. The van der Waals surface area contributed by atoms with E-state index in [0.29, 0.717) is 54.1 Å². The molecule has 1 aliphatic rings. The number of rotatable bonds is 5. The smallest absolute Gasteiger partial charge is 0.411 e. The second-order valence-electron chi connectivity index (χ2n) is 9.73. The van der Waals surface area contributed by atoms with Gasteiger partial charge in [0.05, 0.1) is 41.9 Å². The molecule has 2 bridgehead atoms. The first-order chi connectivity index (χ1) is 20.3. The predicted octanol–water partition coefficient (Wildman–Crippen LogP) is 5.25. The summed E-state index contributed by atoms with van der Waals surface area (Å²) in [7, 11) is 1.26. The Hall–Kier alpha value is -4.78.